The summed E-state index contributed by atoms with van der Waals surface area (Å²) in [6.07, 6.45) is 3.71. The van der Waals surface area contributed by atoms with Gasteiger partial charge in [-0.1, -0.05) is 0 Å². The molecule has 0 aliphatic heterocycles. The first-order valence-corrected chi connectivity index (χ1v) is 4.27. The smallest absolute Gasteiger partial charge is 0.199 e. The number of rotatable bonds is 1. The van der Waals surface area contributed by atoms with E-state index in [1.54, 1.807) is 12.1 Å². The van der Waals surface area contributed by atoms with Crippen LogP contribution in [0.5, 0.6) is 0 Å². The van der Waals surface area contributed by atoms with Crippen molar-refractivity contribution in [2.75, 3.05) is 0 Å². The predicted octanol–water partition coefficient (Wildman–Crippen LogP) is 1.06. The molecule has 0 unspecified atom stereocenters. The summed E-state index contributed by atoms with van der Waals surface area (Å²) < 4.78 is 14.0. The van der Waals surface area contributed by atoms with Crippen molar-refractivity contribution in [3.63, 3.8) is 0 Å². The van der Waals surface area contributed by atoms with Gasteiger partial charge in [0.25, 0.3) is 0 Å². The Bertz CT molecular complexity index is 566. The molecule has 0 aromatic carbocycles. The van der Waals surface area contributed by atoms with E-state index in [0.29, 0.717) is 11.4 Å². The maximum atomic E-state index is 12.6. The first-order valence-electron chi connectivity index (χ1n) is 4.27. The van der Waals surface area contributed by atoms with Gasteiger partial charge in [0.1, 0.15) is 11.5 Å². The van der Waals surface area contributed by atoms with E-state index in [-0.39, 0.29) is 5.82 Å². The highest BCUT2D eigenvalue weighted by atomic mass is 19.1. The summed E-state index contributed by atoms with van der Waals surface area (Å²) in [7, 11) is 0. The third-order valence-electron chi connectivity index (χ3n) is 2.01. The zero-order chi connectivity index (χ0) is 10.3. The Labute approximate surface area is 83.6 Å². The van der Waals surface area contributed by atoms with E-state index in [1.807, 2.05) is 0 Å². The quantitative estimate of drug-likeness (QED) is 0.641. The summed E-state index contributed by atoms with van der Waals surface area (Å²) >= 11 is 0. The van der Waals surface area contributed by atoms with Crippen molar-refractivity contribution in [3.8, 4) is 11.4 Å². The second-order valence-corrected chi connectivity index (χ2v) is 3.00. The Morgan fingerprint density at radius 1 is 1.33 bits per heavy atom. The normalized spacial score (nSPS) is 11.0. The molecule has 0 saturated carbocycles. The van der Waals surface area contributed by atoms with Crippen LogP contribution in [0.25, 0.3) is 17.0 Å². The molecular formula is C9H5FN5. The summed E-state index contributed by atoms with van der Waals surface area (Å²) in [5.74, 6) is -0.366. The van der Waals surface area contributed by atoms with Gasteiger partial charge in [-0.3, -0.25) is 4.98 Å². The van der Waals surface area contributed by atoms with E-state index in [2.05, 4.69) is 26.5 Å². The van der Waals surface area contributed by atoms with Gasteiger partial charge in [-0.05, 0) is 12.1 Å². The van der Waals surface area contributed by atoms with E-state index in [9.17, 15) is 4.39 Å². The largest absolute Gasteiger partial charge is 0.319 e. The van der Waals surface area contributed by atoms with Crippen molar-refractivity contribution in [3.05, 3.63) is 36.5 Å². The van der Waals surface area contributed by atoms with Crippen LogP contribution >= 0.6 is 0 Å². The Balaban J connectivity index is 2.13. The van der Waals surface area contributed by atoms with Crippen molar-refractivity contribution in [1.82, 2.24) is 24.8 Å². The maximum Gasteiger partial charge on any atom is 0.199 e. The monoisotopic (exact) mass is 202 g/mol. The minimum absolute atomic E-state index is 0.366. The molecule has 0 amide bonds. The molecule has 0 aliphatic rings. The van der Waals surface area contributed by atoms with E-state index < -0.39 is 0 Å². The van der Waals surface area contributed by atoms with Gasteiger partial charge in [0.2, 0.25) is 0 Å². The second kappa shape index (κ2) is 2.88. The van der Waals surface area contributed by atoms with E-state index in [0.717, 1.165) is 11.8 Å². The Kier molecular flexibility index (Phi) is 1.55. The molecule has 3 rings (SSSR count). The molecule has 0 aliphatic carbocycles. The van der Waals surface area contributed by atoms with Crippen LogP contribution in [0, 0.1) is 12.1 Å². The highest BCUT2D eigenvalue weighted by Crippen LogP contribution is 2.15. The predicted molar refractivity (Wildman–Crippen MR) is 49.4 cm³/mol. The minimum Gasteiger partial charge on any atom is -0.319 e. The second-order valence-electron chi connectivity index (χ2n) is 3.00. The Morgan fingerprint density at radius 3 is 3.00 bits per heavy atom. The number of nitrogens with one attached hydrogen (secondary N) is 1. The van der Waals surface area contributed by atoms with E-state index >= 15 is 0 Å². The lowest BCUT2D eigenvalue weighted by Crippen LogP contribution is -1.88. The molecule has 3 aromatic rings. The lowest BCUT2D eigenvalue weighted by Gasteiger charge is -1.93. The molecule has 5 nitrogen and oxygen atoms in total. The number of halogens is 1. The molecule has 1 radical (unpaired) electrons. The third kappa shape index (κ3) is 1.26. The van der Waals surface area contributed by atoms with Gasteiger partial charge in [0.15, 0.2) is 12.0 Å². The molecule has 15 heavy (non-hydrogen) atoms. The van der Waals surface area contributed by atoms with Crippen LogP contribution in [0.15, 0.2) is 24.4 Å². The number of H-pyrrole nitrogens is 1. The van der Waals surface area contributed by atoms with Gasteiger partial charge in [-0.15, -0.1) is 14.8 Å². The number of nitrogens with zero attached hydrogens (tertiary/aromatic N) is 4. The van der Waals surface area contributed by atoms with Gasteiger partial charge in [0, 0.05) is 6.07 Å². The molecule has 1 N–H and O–H groups in total. The van der Waals surface area contributed by atoms with Crippen LogP contribution in [-0.2, 0) is 0 Å². The highest BCUT2D eigenvalue weighted by Gasteiger charge is 2.06. The zero-order valence-corrected chi connectivity index (χ0v) is 7.48. The Hall–Kier alpha value is -2.24. The van der Waals surface area contributed by atoms with Crippen LogP contribution in [0.1, 0.15) is 0 Å². The molecule has 3 heterocycles. The number of fused-ring (bicyclic) bond motifs is 1. The fraction of sp³-hybridized carbons (Fsp3) is 0. The van der Waals surface area contributed by atoms with Crippen molar-refractivity contribution in [2.24, 2.45) is 0 Å². The van der Waals surface area contributed by atoms with Gasteiger partial charge in [-0.2, -0.15) is 0 Å². The average molecular weight is 202 g/mol. The molecule has 73 valence electrons. The molecule has 0 spiro atoms. The molecular weight excluding hydrogens is 197 g/mol. The zero-order valence-electron chi connectivity index (χ0n) is 7.48. The summed E-state index contributed by atoms with van der Waals surface area (Å²) in [5.41, 5.74) is 1.97. The van der Waals surface area contributed by atoms with E-state index in [4.69, 9.17) is 0 Å². The molecule has 0 bridgehead atoms. The molecule has 0 atom stereocenters. The SMILES string of the molecule is Fc1ccc(-c2cc3[nH][c]nn3n2)nc1. The first-order chi connectivity index (χ1) is 7.33. The fourth-order valence-electron chi connectivity index (χ4n) is 1.32. The molecule has 0 saturated heterocycles. The van der Waals surface area contributed by atoms with Crippen LogP contribution in [0.3, 0.4) is 0 Å². The number of pyridine rings is 1. The van der Waals surface area contributed by atoms with Gasteiger partial charge in [0.05, 0.1) is 11.9 Å². The highest BCUT2D eigenvalue weighted by molar-refractivity contribution is 5.59. The summed E-state index contributed by atoms with van der Waals surface area (Å²) in [6.45, 7) is 0. The number of aromatic amines is 1. The number of aromatic nitrogens is 5. The van der Waals surface area contributed by atoms with Crippen molar-refractivity contribution in [2.45, 2.75) is 0 Å². The van der Waals surface area contributed by atoms with Crippen molar-refractivity contribution in [1.29, 1.82) is 0 Å². The van der Waals surface area contributed by atoms with Crippen LogP contribution in [-0.4, -0.2) is 24.8 Å². The van der Waals surface area contributed by atoms with Crippen molar-refractivity contribution >= 4 is 5.65 Å². The topological polar surface area (TPSA) is 58.9 Å². The minimum atomic E-state index is -0.366. The summed E-state index contributed by atoms with van der Waals surface area (Å²) in [4.78, 5) is 6.70. The van der Waals surface area contributed by atoms with E-state index in [1.165, 1.54) is 10.7 Å². The number of hydrogen-bond acceptors (Lipinski definition) is 3. The van der Waals surface area contributed by atoms with Gasteiger partial charge < -0.3 is 4.98 Å². The van der Waals surface area contributed by atoms with Crippen LogP contribution in [0.2, 0.25) is 0 Å². The van der Waals surface area contributed by atoms with Crippen LogP contribution in [0.4, 0.5) is 4.39 Å². The maximum absolute atomic E-state index is 12.6. The molecule has 6 heteroatoms. The average Bonchev–Trinajstić information content (AvgIpc) is 2.78. The molecule has 3 aromatic heterocycles. The lowest BCUT2D eigenvalue weighted by molar-refractivity contribution is 0.621. The number of hydrogen-bond donors (Lipinski definition) is 1. The van der Waals surface area contributed by atoms with Crippen molar-refractivity contribution < 1.29 is 4.39 Å². The Morgan fingerprint density at radius 2 is 2.27 bits per heavy atom. The summed E-state index contributed by atoms with van der Waals surface area (Å²) in [5, 5.41) is 7.94. The van der Waals surface area contributed by atoms with Gasteiger partial charge in [-0.25, -0.2) is 4.39 Å². The lowest BCUT2D eigenvalue weighted by atomic mass is 10.3. The first kappa shape index (κ1) is 8.10. The fourth-order valence-corrected chi connectivity index (χ4v) is 1.32. The molecule has 0 fully saturated rings. The standard InChI is InChI=1S/C9H5FN5/c10-6-1-2-7(11-4-6)8-3-9-12-5-13-15(9)14-8/h1-4H,(H,12,13). The van der Waals surface area contributed by atoms with Gasteiger partial charge >= 0.3 is 0 Å². The third-order valence-corrected chi connectivity index (χ3v) is 2.01. The van der Waals surface area contributed by atoms with Crippen LogP contribution < -0.4 is 0 Å². The summed E-state index contributed by atoms with van der Waals surface area (Å²) in [6, 6.07) is 4.68.